The predicted octanol–water partition coefficient (Wildman–Crippen LogP) is 4.21. The van der Waals surface area contributed by atoms with Gasteiger partial charge in [0.25, 0.3) is 0 Å². The molecule has 0 saturated carbocycles. The summed E-state index contributed by atoms with van der Waals surface area (Å²) in [7, 11) is 0. The van der Waals surface area contributed by atoms with E-state index in [1.54, 1.807) is 6.20 Å². The fourth-order valence-corrected chi connectivity index (χ4v) is 2.76. The molecule has 1 N–H and O–H groups in total. The van der Waals surface area contributed by atoms with Crippen molar-refractivity contribution in [1.29, 1.82) is 0 Å². The van der Waals surface area contributed by atoms with E-state index in [0.717, 1.165) is 5.01 Å². The van der Waals surface area contributed by atoms with Gasteiger partial charge in [-0.05, 0) is 41.9 Å². The summed E-state index contributed by atoms with van der Waals surface area (Å²) in [6, 6.07) is 2.61. The van der Waals surface area contributed by atoms with E-state index in [0.29, 0.717) is 0 Å². The smallest absolute Gasteiger partial charge is 0.144 e. The zero-order chi connectivity index (χ0) is 14.0. The summed E-state index contributed by atoms with van der Waals surface area (Å²) in [4.78, 5) is 4.22. The molecule has 2 nitrogen and oxygen atoms in total. The Morgan fingerprint density at radius 3 is 2.74 bits per heavy atom. The first-order valence-electron chi connectivity index (χ1n) is 5.69. The molecule has 1 heterocycles. The van der Waals surface area contributed by atoms with Crippen LogP contribution in [0.2, 0.25) is 0 Å². The Bertz CT molecular complexity index is 570. The van der Waals surface area contributed by atoms with E-state index in [4.69, 9.17) is 0 Å². The number of benzene rings is 1. The van der Waals surface area contributed by atoms with Crippen LogP contribution in [0.25, 0.3) is 0 Å². The van der Waals surface area contributed by atoms with Crippen LogP contribution in [-0.2, 0) is 12.1 Å². The molecule has 19 heavy (non-hydrogen) atoms. The molecular weight excluding hydrogens is 334 g/mol. The number of hydrogen-bond acceptors (Lipinski definition) is 3. The average Bonchev–Trinajstić information content (AvgIpc) is 2.88. The number of aromatic nitrogens is 1. The van der Waals surface area contributed by atoms with Crippen molar-refractivity contribution in [2.45, 2.75) is 25.9 Å². The van der Waals surface area contributed by atoms with Crippen molar-refractivity contribution in [3.05, 3.63) is 50.4 Å². The van der Waals surface area contributed by atoms with Crippen LogP contribution in [0.4, 0.5) is 8.78 Å². The molecule has 0 aliphatic carbocycles. The lowest BCUT2D eigenvalue weighted by Gasteiger charge is -2.24. The maximum Gasteiger partial charge on any atom is 0.144 e. The Kier molecular flexibility index (Phi) is 4.32. The Balaban J connectivity index is 2.18. The molecule has 2 rings (SSSR count). The molecule has 2 aromatic rings. The van der Waals surface area contributed by atoms with Crippen molar-refractivity contribution in [1.82, 2.24) is 10.3 Å². The topological polar surface area (TPSA) is 24.9 Å². The third kappa shape index (κ3) is 3.19. The highest BCUT2D eigenvalue weighted by molar-refractivity contribution is 9.10. The van der Waals surface area contributed by atoms with Crippen LogP contribution in [0.15, 0.2) is 28.2 Å². The first-order valence-corrected chi connectivity index (χ1v) is 7.36. The molecule has 102 valence electrons. The van der Waals surface area contributed by atoms with Crippen LogP contribution in [0.5, 0.6) is 0 Å². The van der Waals surface area contributed by atoms with Crippen molar-refractivity contribution in [3.63, 3.8) is 0 Å². The van der Waals surface area contributed by atoms with Gasteiger partial charge in [0.15, 0.2) is 0 Å². The number of nitrogens with zero attached hydrogens (tertiary/aromatic N) is 1. The van der Waals surface area contributed by atoms with Crippen LogP contribution >= 0.6 is 27.3 Å². The van der Waals surface area contributed by atoms with Crippen LogP contribution < -0.4 is 5.32 Å². The second kappa shape index (κ2) is 5.64. The zero-order valence-corrected chi connectivity index (χ0v) is 12.9. The van der Waals surface area contributed by atoms with E-state index >= 15 is 0 Å². The number of nitrogens with one attached hydrogen (secondary N) is 1. The number of hydrogen-bond donors (Lipinski definition) is 1. The standard InChI is InChI=1S/C13H13BrF2N2S/c1-13(2,12-17-5-6-19-12)18-7-8-10(15)4-3-9(14)11(8)16/h3-6,18H,7H2,1-2H3. The summed E-state index contributed by atoms with van der Waals surface area (Å²) < 4.78 is 27.7. The first-order chi connectivity index (χ1) is 8.92. The first kappa shape index (κ1) is 14.6. The monoisotopic (exact) mass is 346 g/mol. The molecule has 0 radical (unpaired) electrons. The van der Waals surface area contributed by atoms with Gasteiger partial charge >= 0.3 is 0 Å². The van der Waals surface area contributed by atoms with Gasteiger partial charge < -0.3 is 5.32 Å². The highest BCUT2D eigenvalue weighted by Crippen LogP contribution is 2.25. The lowest BCUT2D eigenvalue weighted by molar-refractivity contribution is 0.388. The number of halogens is 3. The van der Waals surface area contributed by atoms with Crippen molar-refractivity contribution < 1.29 is 8.78 Å². The Labute approximate surface area is 123 Å². The third-order valence-electron chi connectivity index (χ3n) is 2.81. The Hall–Kier alpha value is -0.850. The van der Waals surface area contributed by atoms with Crippen LogP contribution in [-0.4, -0.2) is 4.98 Å². The normalized spacial score (nSPS) is 11.8. The maximum atomic E-state index is 13.8. The van der Waals surface area contributed by atoms with Crippen LogP contribution in [0.1, 0.15) is 24.4 Å². The van der Waals surface area contributed by atoms with Gasteiger partial charge in [0.1, 0.15) is 16.6 Å². The van der Waals surface area contributed by atoms with Crippen molar-refractivity contribution in [2.75, 3.05) is 0 Å². The molecule has 0 saturated heterocycles. The fraction of sp³-hybridized carbons (Fsp3) is 0.308. The maximum absolute atomic E-state index is 13.8. The van der Waals surface area contributed by atoms with Crippen molar-refractivity contribution >= 4 is 27.3 Å². The lowest BCUT2D eigenvalue weighted by atomic mass is 10.1. The molecule has 0 fully saturated rings. The molecule has 0 amide bonds. The van der Waals surface area contributed by atoms with E-state index in [2.05, 4.69) is 26.2 Å². The second-order valence-electron chi connectivity index (χ2n) is 4.64. The molecular formula is C13H13BrF2N2S. The molecule has 0 bridgehead atoms. The van der Waals surface area contributed by atoms with Crippen molar-refractivity contribution in [3.8, 4) is 0 Å². The number of thiazole rings is 1. The highest BCUT2D eigenvalue weighted by Gasteiger charge is 2.24. The van der Waals surface area contributed by atoms with E-state index in [1.165, 1.54) is 23.5 Å². The van der Waals surface area contributed by atoms with Gasteiger partial charge in [-0.1, -0.05) is 0 Å². The van der Waals surface area contributed by atoms with E-state index < -0.39 is 17.2 Å². The fourth-order valence-electron chi connectivity index (χ4n) is 1.65. The predicted molar refractivity (Wildman–Crippen MR) is 76.0 cm³/mol. The highest BCUT2D eigenvalue weighted by atomic mass is 79.9. The zero-order valence-electron chi connectivity index (χ0n) is 10.5. The minimum absolute atomic E-state index is 0.0269. The SMILES string of the molecule is CC(C)(NCc1c(F)ccc(Br)c1F)c1nccs1. The minimum atomic E-state index is -0.567. The van der Waals surface area contributed by atoms with E-state index in [-0.39, 0.29) is 16.6 Å². The molecule has 0 aliphatic heterocycles. The van der Waals surface area contributed by atoms with Gasteiger partial charge in [-0.2, -0.15) is 0 Å². The summed E-state index contributed by atoms with van der Waals surface area (Å²) in [5, 5.41) is 5.89. The summed E-state index contributed by atoms with van der Waals surface area (Å²) in [5.41, 5.74) is -0.408. The summed E-state index contributed by atoms with van der Waals surface area (Å²) in [6.07, 6.45) is 1.71. The van der Waals surface area contributed by atoms with Crippen LogP contribution in [0, 0.1) is 11.6 Å². The third-order valence-corrected chi connectivity index (χ3v) is 4.52. The van der Waals surface area contributed by atoms with E-state index in [9.17, 15) is 8.78 Å². The van der Waals surface area contributed by atoms with E-state index in [1.807, 2.05) is 19.2 Å². The summed E-state index contributed by atoms with van der Waals surface area (Å²) in [5.74, 6) is -1.12. The van der Waals surface area contributed by atoms with Crippen LogP contribution in [0.3, 0.4) is 0 Å². The van der Waals surface area contributed by atoms with Gasteiger partial charge in [0.05, 0.1) is 10.0 Å². The lowest BCUT2D eigenvalue weighted by Crippen LogP contribution is -2.36. The Morgan fingerprint density at radius 1 is 1.37 bits per heavy atom. The second-order valence-corrected chi connectivity index (χ2v) is 6.39. The molecule has 0 atom stereocenters. The molecule has 0 spiro atoms. The minimum Gasteiger partial charge on any atom is -0.302 e. The van der Waals surface area contributed by atoms with Gasteiger partial charge in [0.2, 0.25) is 0 Å². The average molecular weight is 347 g/mol. The van der Waals surface area contributed by atoms with Gasteiger partial charge in [0, 0.05) is 23.7 Å². The Morgan fingerprint density at radius 2 is 2.11 bits per heavy atom. The molecule has 0 unspecified atom stereocenters. The van der Waals surface area contributed by atoms with Crippen molar-refractivity contribution in [2.24, 2.45) is 0 Å². The van der Waals surface area contributed by atoms with Gasteiger partial charge in [-0.3, -0.25) is 0 Å². The number of rotatable bonds is 4. The summed E-state index contributed by atoms with van der Waals surface area (Å²) in [6.45, 7) is 3.96. The largest absolute Gasteiger partial charge is 0.302 e. The molecule has 6 heteroatoms. The van der Waals surface area contributed by atoms with Gasteiger partial charge in [-0.15, -0.1) is 11.3 Å². The molecule has 1 aromatic heterocycles. The quantitative estimate of drug-likeness (QED) is 0.838. The van der Waals surface area contributed by atoms with Gasteiger partial charge in [-0.25, -0.2) is 13.8 Å². The summed E-state index contributed by atoms with van der Waals surface area (Å²) >= 11 is 4.57. The molecule has 0 aliphatic rings. The molecule has 1 aromatic carbocycles.